The van der Waals surface area contributed by atoms with Crippen LogP contribution < -0.4 is 5.32 Å². The highest BCUT2D eigenvalue weighted by Crippen LogP contribution is 2.05. The third kappa shape index (κ3) is 7.82. The van der Waals surface area contributed by atoms with Crippen molar-refractivity contribution in [1.82, 2.24) is 5.32 Å². The average Bonchev–Trinajstić information content (AvgIpc) is 2.01. The number of nitrogens with one attached hydrogen (secondary N) is 1. The molecule has 2 heteroatoms. The van der Waals surface area contributed by atoms with Gasteiger partial charge in [0, 0.05) is 13.7 Å². The molecule has 0 bridgehead atoms. The monoisotopic (exact) mass is 159 g/mol. The van der Waals surface area contributed by atoms with Gasteiger partial charge in [0.2, 0.25) is 0 Å². The van der Waals surface area contributed by atoms with Crippen LogP contribution >= 0.6 is 0 Å². The highest BCUT2D eigenvalue weighted by molar-refractivity contribution is 4.54. The molecule has 0 rings (SSSR count). The molecule has 0 heterocycles. The van der Waals surface area contributed by atoms with E-state index in [1.807, 2.05) is 0 Å². The molecule has 2 nitrogen and oxygen atoms in total. The van der Waals surface area contributed by atoms with Gasteiger partial charge in [-0.05, 0) is 31.8 Å². The molecule has 0 aromatic heterocycles. The first kappa shape index (κ1) is 10.9. The Labute approximate surface area is 70.3 Å². The highest BCUT2D eigenvalue weighted by atomic mass is 16.5. The summed E-state index contributed by atoms with van der Waals surface area (Å²) in [6.07, 6.45) is 2.44. The Morgan fingerprint density at radius 2 is 2.09 bits per heavy atom. The van der Waals surface area contributed by atoms with Crippen LogP contribution in [-0.4, -0.2) is 26.8 Å². The van der Waals surface area contributed by atoms with Gasteiger partial charge >= 0.3 is 0 Å². The number of rotatable bonds is 7. The van der Waals surface area contributed by atoms with Crippen LogP contribution in [0.1, 0.15) is 26.7 Å². The van der Waals surface area contributed by atoms with Crippen LogP contribution in [0.4, 0.5) is 0 Å². The minimum absolute atomic E-state index is 0.786. The zero-order valence-electron chi connectivity index (χ0n) is 8.02. The molecule has 0 fully saturated rings. The molecular formula is C9H21NO. The first-order valence-electron chi connectivity index (χ1n) is 4.50. The number of methoxy groups -OCH3 is 1. The summed E-state index contributed by atoms with van der Waals surface area (Å²) in [6, 6.07) is 0. The van der Waals surface area contributed by atoms with E-state index in [0.717, 1.165) is 25.6 Å². The van der Waals surface area contributed by atoms with E-state index >= 15 is 0 Å². The van der Waals surface area contributed by atoms with Crippen molar-refractivity contribution >= 4 is 0 Å². The standard InChI is InChI=1S/C9H21NO/c1-4-10-7-5-9(2)6-8-11-3/h9-10H,4-8H2,1-3H3. The van der Waals surface area contributed by atoms with E-state index in [2.05, 4.69) is 19.2 Å². The lowest BCUT2D eigenvalue weighted by atomic mass is 10.1. The maximum Gasteiger partial charge on any atom is 0.0464 e. The van der Waals surface area contributed by atoms with Crippen LogP contribution in [0.3, 0.4) is 0 Å². The zero-order chi connectivity index (χ0) is 8.53. The minimum Gasteiger partial charge on any atom is -0.385 e. The van der Waals surface area contributed by atoms with Gasteiger partial charge in [-0.3, -0.25) is 0 Å². The van der Waals surface area contributed by atoms with Crippen molar-refractivity contribution < 1.29 is 4.74 Å². The first-order chi connectivity index (χ1) is 5.31. The SMILES string of the molecule is CCNCCC(C)CCOC. The van der Waals surface area contributed by atoms with Crippen LogP contribution in [0.5, 0.6) is 0 Å². The Morgan fingerprint density at radius 1 is 1.36 bits per heavy atom. The normalized spacial score (nSPS) is 13.4. The summed E-state index contributed by atoms with van der Waals surface area (Å²) < 4.78 is 5.00. The van der Waals surface area contributed by atoms with E-state index in [0.29, 0.717) is 0 Å². The van der Waals surface area contributed by atoms with Gasteiger partial charge in [0.25, 0.3) is 0 Å². The van der Waals surface area contributed by atoms with Gasteiger partial charge in [-0.15, -0.1) is 0 Å². The Hall–Kier alpha value is -0.0800. The van der Waals surface area contributed by atoms with E-state index in [1.54, 1.807) is 7.11 Å². The summed E-state index contributed by atoms with van der Waals surface area (Å²) in [6.45, 7) is 7.53. The van der Waals surface area contributed by atoms with Crippen molar-refractivity contribution in [2.75, 3.05) is 26.8 Å². The second-order valence-electron chi connectivity index (χ2n) is 3.03. The molecule has 0 aliphatic carbocycles. The van der Waals surface area contributed by atoms with Crippen LogP contribution in [-0.2, 0) is 4.74 Å². The van der Waals surface area contributed by atoms with E-state index in [4.69, 9.17) is 4.74 Å². The van der Waals surface area contributed by atoms with E-state index in [9.17, 15) is 0 Å². The van der Waals surface area contributed by atoms with Crippen molar-refractivity contribution in [2.24, 2.45) is 5.92 Å². The van der Waals surface area contributed by atoms with Crippen LogP contribution in [0.15, 0.2) is 0 Å². The summed E-state index contributed by atoms with van der Waals surface area (Å²) in [4.78, 5) is 0. The van der Waals surface area contributed by atoms with Crippen molar-refractivity contribution in [3.63, 3.8) is 0 Å². The minimum atomic E-state index is 0.786. The lowest BCUT2D eigenvalue weighted by Crippen LogP contribution is -2.17. The Morgan fingerprint density at radius 3 is 2.64 bits per heavy atom. The fraction of sp³-hybridized carbons (Fsp3) is 1.00. The third-order valence-electron chi connectivity index (χ3n) is 1.88. The fourth-order valence-electron chi connectivity index (χ4n) is 0.989. The smallest absolute Gasteiger partial charge is 0.0464 e. The van der Waals surface area contributed by atoms with Gasteiger partial charge in [0.15, 0.2) is 0 Å². The van der Waals surface area contributed by atoms with Crippen LogP contribution in [0.2, 0.25) is 0 Å². The second kappa shape index (κ2) is 8.02. The predicted molar refractivity (Wildman–Crippen MR) is 48.8 cm³/mol. The van der Waals surface area contributed by atoms with Gasteiger partial charge in [-0.2, -0.15) is 0 Å². The maximum absolute atomic E-state index is 5.00. The number of hydrogen-bond donors (Lipinski definition) is 1. The molecule has 68 valence electrons. The molecule has 0 saturated heterocycles. The van der Waals surface area contributed by atoms with Crippen molar-refractivity contribution in [3.05, 3.63) is 0 Å². The van der Waals surface area contributed by atoms with Crippen LogP contribution in [0.25, 0.3) is 0 Å². The molecule has 1 atom stereocenters. The largest absolute Gasteiger partial charge is 0.385 e. The molecule has 0 aliphatic heterocycles. The van der Waals surface area contributed by atoms with Crippen LogP contribution in [0, 0.1) is 5.92 Å². The third-order valence-corrected chi connectivity index (χ3v) is 1.88. The lowest BCUT2D eigenvalue weighted by Gasteiger charge is -2.09. The van der Waals surface area contributed by atoms with E-state index < -0.39 is 0 Å². The lowest BCUT2D eigenvalue weighted by molar-refractivity contribution is 0.178. The summed E-state index contributed by atoms with van der Waals surface area (Å²) in [7, 11) is 1.76. The summed E-state index contributed by atoms with van der Waals surface area (Å²) in [5.74, 6) is 0.786. The zero-order valence-corrected chi connectivity index (χ0v) is 8.02. The molecule has 1 unspecified atom stereocenters. The van der Waals surface area contributed by atoms with Gasteiger partial charge in [-0.1, -0.05) is 13.8 Å². The first-order valence-corrected chi connectivity index (χ1v) is 4.50. The second-order valence-corrected chi connectivity index (χ2v) is 3.03. The van der Waals surface area contributed by atoms with Gasteiger partial charge in [0.1, 0.15) is 0 Å². The van der Waals surface area contributed by atoms with Crippen molar-refractivity contribution in [2.45, 2.75) is 26.7 Å². The molecule has 1 N–H and O–H groups in total. The maximum atomic E-state index is 5.00. The molecule has 0 radical (unpaired) electrons. The predicted octanol–water partition coefficient (Wildman–Crippen LogP) is 1.66. The summed E-state index contributed by atoms with van der Waals surface area (Å²) >= 11 is 0. The topological polar surface area (TPSA) is 21.3 Å². The molecule has 0 aromatic rings. The Balaban J connectivity index is 3.02. The highest BCUT2D eigenvalue weighted by Gasteiger charge is 1.99. The van der Waals surface area contributed by atoms with Gasteiger partial charge in [0.05, 0.1) is 0 Å². The van der Waals surface area contributed by atoms with Gasteiger partial charge in [-0.25, -0.2) is 0 Å². The molecule has 0 aliphatic rings. The van der Waals surface area contributed by atoms with E-state index in [-0.39, 0.29) is 0 Å². The van der Waals surface area contributed by atoms with Crippen molar-refractivity contribution in [1.29, 1.82) is 0 Å². The molecule has 11 heavy (non-hydrogen) atoms. The summed E-state index contributed by atoms with van der Waals surface area (Å²) in [5.41, 5.74) is 0. The molecule has 0 amide bonds. The molecule has 0 saturated carbocycles. The Kier molecular flexibility index (Phi) is 7.96. The van der Waals surface area contributed by atoms with Gasteiger partial charge < -0.3 is 10.1 Å². The summed E-state index contributed by atoms with van der Waals surface area (Å²) in [5, 5.41) is 3.31. The molecule has 0 aromatic carbocycles. The molecular weight excluding hydrogens is 138 g/mol. The average molecular weight is 159 g/mol. The fourth-order valence-corrected chi connectivity index (χ4v) is 0.989. The quantitative estimate of drug-likeness (QED) is 0.570. The Bertz CT molecular complexity index is 76.0. The molecule has 0 spiro atoms. The number of hydrogen-bond acceptors (Lipinski definition) is 2. The number of ether oxygens (including phenoxy) is 1. The van der Waals surface area contributed by atoms with Crippen molar-refractivity contribution in [3.8, 4) is 0 Å². The van der Waals surface area contributed by atoms with E-state index in [1.165, 1.54) is 12.8 Å².